The maximum Gasteiger partial charge on any atom is 0.0925 e. The second-order valence-electron chi connectivity index (χ2n) is 4.14. The first-order chi connectivity index (χ1) is 8.29. The molecule has 1 aliphatic rings. The fourth-order valence-electron chi connectivity index (χ4n) is 1.93. The zero-order chi connectivity index (χ0) is 12.1. The minimum atomic E-state index is 0.0929. The second-order valence-corrected chi connectivity index (χ2v) is 5.23. The van der Waals surface area contributed by atoms with Crippen LogP contribution < -0.4 is 0 Å². The molecule has 17 heavy (non-hydrogen) atoms. The summed E-state index contributed by atoms with van der Waals surface area (Å²) in [6.07, 6.45) is 2.37. The summed E-state index contributed by atoms with van der Waals surface area (Å²) in [7, 11) is 0. The third-order valence-corrected chi connectivity index (χ3v) is 3.75. The molecule has 0 aliphatic carbocycles. The molecule has 1 unspecified atom stereocenters. The maximum absolute atomic E-state index is 6.10. The van der Waals surface area contributed by atoms with Gasteiger partial charge in [0.05, 0.1) is 12.2 Å². The van der Waals surface area contributed by atoms with E-state index < -0.39 is 0 Å². The lowest BCUT2D eigenvalue weighted by molar-refractivity contribution is -0.0616. The largest absolute Gasteiger partial charge is 0.381 e. The Morgan fingerprint density at radius 3 is 2.53 bits per heavy atom. The Balaban J connectivity index is 1.97. The van der Waals surface area contributed by atoms with Crippen LogP contribution >= 0.6 is 27.5 Å². The molecule has 1 heterocycles. The van der Waals surface area contributed by atoms with E-state index in [1.165, 1.54) is 0 Å². The van der Waals surface area contributed by atoms with Gasteiger partial charge in [-0.3, -0.25) is 0 Å². The quantitative estimate of drug-likeness (QED) is 0.782. The molecule has 1 atom stereocenters. The predicted octanol–water partition coefficient (Wildman–Crippen LogP) is 3.97. The highest BCUT2D eigenvalue weighted by Gasteiger charge is 2.20. The predicted molar refractivity (Wildman–Crippen MR) is 72.9 cm³/mol. The average Bonchev–Trinajstić information content (AvgIpc) is 2.38. The fourth-order valence-corrected chi connectivity index (χ4v) is 2.58. The standard InChI is InChI=1S/C13H16BrClO2/c14-9-13(10-1-3-11(15)4-2-10)17-12-5-7-16-8-6-12/h1-4,12-13H,5-9H2. The first-order valence-electron chi connectivity index (χ1n) is 5.84. The van der Waals surface area contributed by atoms with Gasteiger partial charge in [0.25, 0.3) is 0 Å². The Morgan fingerprint density at radius 1 is 1.29 bits per heavy atom. The Bertz CT molecular complexity index is 336. The van der Waals surface area contributed by atoms with Crippen molar-refractivity contribution >= 4 is 27.5 Å². The van der Waals surface area contributed by atoms with Crippen molar-refractivity contribution in [1.82, 2.24) is 0 Å². The number of hydrogen-bond acceptors (Lipinski definition) is 2. The lowest BCUT2D eigenvalue weighted by Gasteiger charge is -2.27. The molecule has 4 heteroatoms. The Labute approximate surface area is 115 Å². The van der Waals surface area contributed by atoms with Crippen molar-refractivity contribution in [2.75, 3.05) is 18.5 Å². The van der Waals surface area contributed by atoms with Crippen molar-refractivity contribution in [3.8, 4) is 0 Å². The number of rotatable bonds is 4. The van der Waals surface area contributed by atoms with E-state index in [4.69, 9.17) is 21.1 Å². The molecular weight excluding hydrogens is 303 g/mol. The van der Waals surface area contributed by atoms with Gasteiger partial charge in [-0.25, -0.2) is 0 Å². The summed E-state index contributed by atoms with van der Waals surface area (Å²) in [6.45, 7) is 1.61. The third-order valence-electron chi connectivity index (χ3n) is 2.91. The fraction of sp³-hybridized carbons (Fsp3) is 0.538. The van der Waals surface area contributed by atoms with Crippen LogP contribution in [0.25, 0.3) is 0 Å². The van der Waals surface area contributed by atoms with Crippen LogP contribution in [0.2, 0.25) is 5.02 Å². The van der Waals surface area contributed by atoms with Gasteiger partial charge >= 0.3 is 0 Å². The topological polar surface area (TPSA) is 18.5 Å². The molecule has 1 aromatic rings. The SMILES string of the molecule is Clc1ccc(C(CBr)OC2CCOCC2)cc1. The van der Waals surface area contributed by atoms with Gasteiger partial charge in [0.1, 0.15) is 0 Å². The maximum atomic E-state index is 6.10. The molecule has 1 fully saturated rings. The monoisotopic (exact) mass is 318 g/mol. The number of halogens is 2. The summed E-state index contributed by atoms with van der Waals surface area (Å²) >= 11 is 9.39. The van der Waals surface area contributed by atoms with Crippen molar-refractivity contribution in [2.45, 2.75) is 25.0 Å². The minimum Gasteiger partial charge on any atom is -0.381 e. The first-order valence-corrected chi connectivity index (χ1v) is 7.34. The molecule has 94 valence electrons. The highest BCUT2D eigenvalue weighted by atomic mass is 79.9. The van der Waals surface area contributed by atoms with Crippen LogP contribution in [0.1, 0.15) is 24.5 Å². The second kappa shape index (κ2) is 6.74. The first kappa shape index (κ1) is 13.3. The summed E-state index contributed by atoms with van der Waals surface area (Å²) in [5.74, 6) is 0. The number of benzene rings is 1. The Kier molecular flexibility index (Phi) is 5.29. The molecule has 0 amide bonds. The molecule has 0 spiro atoms. The highest BCUT2D eigenvalue weighted by Crippen LogP contribution is 2.25. The minimum absolute atomic E-state index is 0.0929. The van der Waals surface area contributed by atoms with Crippen molar-refractivity contribution in [1.29, 1.82) is 0 Å². The zero-order valence-corrected chi connectivity index (χ0v) is 11.9. The van der Waals surface area contributed by atoms with Gasteiger partial charge in [-0.15, -0.1) is 0 Å². The van der Waals surface area contributed by atoms with Crippen LogP contribution in [0.3, 0.4) is 0 Å². The molecule has 1 saturated heterocycles. The van der Waals surface area contributed by atoms with Crippen LogP contribution in [-0.2, 0) is 9.47 Å². The van der Waals surface area contributed by atoms with Crippen molar-refractivity contribution < 1.29 is 9.47 Å². The van der Waals surface area contributed by atoms with Gasteiger partial charge in [0.2, 0.25) is 0 Å². The molecule has 1 aliphatic heterocycles. The molecule has 0 saturated carbocycles. The van der Waals surface area contributed by atoms with Crippen LogP contribution in [0, 0.1) is 0 Å². The van der Waals surface area contributed by atoms with E-state index in [0.717, 1.165) is 42.0 Å². The van der Waals surface area contributed by atoms with Crippen LogP contribution in [0.5, 0.6) is 0 Å². The van der Waals surface area contributed by atoms with Gasteiger partial charge in [-0.05, 0) is 30.5 Å². The Hall–Kier alpha value is -0.0900. The van der Waals surface area contributed by atoms with Crippen LogP contribution in [0.15, 0.2) is 24.3 Å². The summed E-state index contributed by atoms with van der Waals surface area (Å²) in [6, 6.07) is 7.85. The zero-order valence-electron chi connectivity index (χ0n) is 9.57. The van der Waals surface area contributed by atoms with E-state index in [-0.39, 0.29) is 6.10 Å². The number of hydrogen-bond donors (Lipinski definition) is 0. The smallest absolute Gasteiger partial charge is 0.0925 e. The average molecular weight is 320 g/mol. The van der Waals surface area contributed by atoms with Crippen LogP contribution in [0.4, 0.5) is 0 Å². The van der Waals surface area contributed by atoms with E-state index in [0.29, 0.717) is 6.10 Å². The summed E-state index contributed by atoms with van der Waals surface area (Å²) < 4.78 is 11.4. The molecule has 0 N–H and O–H groups in total. The van der Waals surface area contributed by atoms with E-state index in [2.05, 4.69) is 15.9 Å². The van der Waals surface area contributed by atoms with Gasteiger partial charge in [-0.2, -0.15) is 0 Å². The molecule has 2 rings (SSSR count). The van der Waals surface area contributed by atoms with Gasteiger partial charge in [0.15, 0.2) is 0 Å². The molecule has 0 bridgehead atoms. The van der Waals surface area contributed by atoms with Crippen molar-refractivity contribution in [3.63, 3.8) is 0 Å². The van der Waals surface area contributed by atoms with E-state index in [1.807, 2.05) is 24.3 Å². The normalized spacial score (nSPS) is 19.2. The van der Waals surface area contributed by atoms with Crippen LogP contribution in [-0.4, -0.2) is 24.6 Å². The van der Waals surface area contributed by atoms with Gasteiger partial charge < -0.3 is 9.47 Å². The molecule has 1 aromatic carbocycles. The highest BCUT2D eigenvalue weighted by molar-refractivity contribution is 9.09. The lowest BCUT2D eigenvalue weighted by Crippen LogP contribution is -2.25. The molecule has 2 nitrogen and oxygen atoms in total. The lowest BCUT2D eigenvalue weighted by atomic mass is 10.1. The van der Waals surface area contributed by atoms with E-state index in [1.54, 1.807) is 0 Å². The third kappa shape index (κ3) is 3.95. The summed E-state index contributed by atoms with van der Waals surface area (Å²) in [5.41, 5.74) is 1.16. The van der Waals surface area contributed by atoms with E-state index in [9.17, 15) is 0 Å². The van der Waals surface area contributed by atoms with Crippen molar-refractivity contribution in [3.05, 3.63) is 34.9 Å². The Morgan fingerprint density at radius 2 is 1.94 bits per heavy atom. The summed E-state index contributed by atoms with van der Waals surface area (Å²) in [5, 5.41) is 1.56. The van der Waals surface area contributed by atoms with Gasteiger partial charge in [-0.1, -0.05) is 39.7 Å². The number of ether oxygens (including phenoxy) is 2. The molecule has 0 radical (unpaired) electrons. The number of alkyl halides is 1. The van der Waals surface area contributed by atoms with Crippen molar-refractivity contribution in [2.24, 2.45) is 0 Å². The summed E-state index contributed by atoms with van der Waals surface area (Å²) in [4.78, 5) is 0. The van der Waals surface area contributed by atoms with E-state index >= 15 is 0 Å². The molecular formula is C13H16BrClO2. The molecule has 0 aromatic heterocycles. The van der Waals surface area contributed by atoms with Gasteiger partial charge in [0, 0.05) is 23.6 Å².